The number of amides is 2. The first-order chi connectivity index (χ1) is 13.6. The van der Waals surface area contributed by atoms with E-state index in [1.165, 1.54) is 0 Å². The topological polar surface area (TPSA) is 80.2 Å². The molecule has 0 bridgehead atoms. The van der Waals surface area contributed by atoms with Crippen LogP contribution in [0.4, 0.5) is 0 Å². The monoisotopic (exact) mass is 401 g/mol. The predicted octanol–water partition coefficient (Wildman–Crippen LogP) is 2.94. The molecule has 1 aromatic heterocycles. The minimum absolute atomic E-state index is 0.0679. The van der Waals surface area contributed by atoms with Crippen molar-refractivity contribution in [3.63, 3.8) is 0 Å². The summed E-state index contributed by atoms with van der Waals surface area (Å²) in [6.45, 7) is 12.1. The fourth-order valence-corrected chi connectivity index (χ4v) is 4.72. The van der Waals surface area contributed by atoms with Crippen molar-refractivity contribution in [2.75, 3.05) is 6.54 Å². The van der Waals surface area contributed by atoms with Crippen molar-refractivity contribution in [1.82, 2.24) is 15.2 Å². The van der Waals surface area contributed by atoms with Gasteiger partial charge in [-0.1, -0.05) is 27.7 Å². The number of nitrogens with zero attached hydrogens (tertiary/aromatic N) is 1. The number of ketones is 1. The molecule has 1 aliphatic carbocycles. The van der Waals surface area contributed by atoms with Gasteiger partial charge in [-0.25, -0.2) is 0 Å². The lowest BCUT2D eigenvalue weighted by Crippen LogP contribution is -2.46. The van der Waals surface area contributed by atoms with E-state index in [0.29, 0.717) is 25.3 Å². The molecular formula is C23H35N3O3. The van der Waals surface area contributed by atoms with Gasteiger partial charge in [-0.05, 0) is 49.5 Å². The van der Waals surface area contributed by atoms with Crippen LogP contribution >= 0.6 is 0 Å². The van der Waals surface area contributed by atoms with Crippen molar-refractivity contribution in [2.24, 2.45) is 11.3 Å². The van der Waals surface area contributed by atoms with E-state index in [1.807, 2.05) is 6.92 Å². The first kappa shape index (κ1) is 21.6. The predicted molar refractivity (Wildman–Crippen MR) is 113 cm³/mol. The van der Waals surface area contributed by atoms with E-state index in [1.54, 1.807) is 0 Å². The molecule has 1 aromatic rings. The number of fused-ring (bicyclic) bond motifs is 1. The Labute approximate surface area is 173 Å². The van der Waals surface area contributed by atoms with E-state index < -0.39 is 6.04 Å². The maximum absolute atomic E-state index is 13.0. The van der Waals surface area contributed by atoms with Crippen molar-refractivity contribution in [2.45, 2.75) is 85.7 Å². The van der Waals surface area contributed by atoms with Crippen LogP contribution < -0.4 is 10.6 Å². The van der Waals surface area contributed by atoms with Crippen molar-refractivity contribution >= 4 is 17.6 Å². The average molecular weight is 402 g/mol. The molecule has 0 radical (unpaired) electrons. The Hall–Kier alpha value is -2.11. The summed E-state index contributed by atoms with van der Waals surface area (Å²) >= 11 is 0. The fourth-order valence-electron chi connectivity index (χ4n) is 4.72. The van der Waals surface area contributed by atoms with Crippen LogP contribution in [0.25, 0.3) is 0 Å². The standard InChI is InChI=1S/C23H35N3O3/c1-14(2)13-26-15(3)16(21-18(26)11-23(4,5)12-19(21)27)10-20(28)25-17-8-6-7-9-24-22(17)29/h14,17H,6-13H2,1-5H3,(H,24,29)(H,25,28)/t17-/m0/s1. The first-order valence-electron chi connectivity index (χ1n) is 10.9. The van der Waals surface area contributed by atoms with Gasteiger partial charge in [-0.15, -0.1) is 0 Å². The summed E-state index contributed by atoms with van der Waals surface area (Å²) in [5.41, 5.74) is 3.61. The van der Waals surface area contributed by atoms with Gasteiger partial charge in [-0.3, -0.25) is 14.4 Å². The summed E-state index contributed by atoms with van der Waals surface area (Å²) < 4.78 is 2.25. The van der Waals surface area contributed by atoms with Gasteiger partial charge >= 0.3 is 0 Å². The summed E-state index contributed by atoms with van der Waals surface area (Å²) in [6.07, 6.45) is 4.01. The lowest BCUT2D eigenvalue weighted by atomic mass is 9.75. The molecule has 160 valence electrons. The summed E-state index contributed by atoms with van der Waals surface area (Å²) in [6, 6.07) is -0.478. The molecule has 6 heteroatoms. The number of rotatable bonds is 5. The van der Waals surface area contributed by atoms with Crippen LogP contribution in [-0.4, -0.2) is 34.8 Å². The summed E-state index contributed by atoms with van der Waals surface area (Å²) in [5, 5.41) is 5.76. The SMILES string of the molecule is Cc1c(CC(=O)N[C@H]2CCCCNC2=O)c2c(n1CC(C)C)CC(C)(C)CC2=O. The van der Waals surface area contributed by atoms with Gasteiger partial charge in [0, 0.05) is 36.5 Å². The molecule has 29 heavy (non-hydrogen) atoms. The highest BCUT2D eigenvalue weighted by Gasteiger charge is 2.37. The number of aromatic nitrogens is 1. The third-order valence-electron chi connectivity index (χ3n) is 6.08. The molecule has 2 amide bonds. The lowest BCUT2D eigenvalue weighted by molar-refractivity contribution is -0.128. The van der Waals surface area contributed by atoms with Crippen LogP contribution in [0.5, 0.6) is 0 Å². The summed E-state index contributed by atoms with van der Waals surface area (Å²) in [5.74, 6) is 0.292. The number of carbonyl (C=O) groups is 3. The number of hydrogen-bond donors (Lipinski definition) is 2. The largest absolute Gasteiger partial charge is 0.354 e. The van der Waals surface area contributed by atoms with Crippen molar-refractivity contribution < 1.29 is 14.4 Å². The normalized spacial score (nSPS) is 21.5. The van der Waals surface area contributed by atoms with Crippen LogP contribution in [0, 0.1) is 18.3 Å². The van der Waals surface area contributed by atoms with Gasteiger partial charge in [0.25, 0.3) is 0 Å². The van der Waals surface area contributed by atoms with Gasteiger partial charge in [0.1, 0.15) is 6.04 Å². The molecule has 3 rings (SSSR count). The molecule has 0 unspecified atom stereocenters. The fraction of sp³-hybridized carbons (Fsp3) is 0.696. The second kappa shape index (κ2) is 8.33. The molecule has 2 aliphatic rings. The number of nitrogens with one attached hydrogen (secondary N) is 2. The zero-order valence-corrected chi connectivity index (χ0v) is 18.5. The molecule has 1 fully saturated rings. The van der Waals surface area contributed by atoms with Crippen LogP contribution in [0.3, 0.4) is 0 Å². The van der Waals surface area contributed by atoms with Crippen molar-refractivity contribution in [3.05, 3.63) is 22.5 Å². The maximum Gasteiger partial charge on any atom is 0.242 e. The lowest BCUT2D eigenvalue weighted by Gasteiger charge is -2.30. The number of hydrogen-bond acceptors (Lipinski definition) is 3. The summed E-state index contributed by atoms with van der Waals surface area (Å²) in [4.78, 5) is 38.0. The minimum atomic E-state index is -0.478. The zero-order chi connectivity index (χ0) is 21.3. The Kier molecular flexibility index (Phi) is 6.20. The second-order valence-electron chi connectivity index (χ2n) is 9.91. The highest BCUT2D eigenvalue weighted by atomic mass is 16.2. The van der Waals surface area contributed by atoms with E-state index in [9.17, 15) is 14.4 Å². The van der Waals surface area contributed by atoms with Crippen LogP contribution in [0.1, 0.15) is 80.7 Å². The van der Waals surface area contributed by atoms with Crippen molar-refractivity contribution in [3.8, 4) is 0 Å². The van der Waals surface area contributed by atoms with Crippen LogP contribution in [0.2, 0.25) is 0 Å². The second-order valence-corrected chi connectivity index (χ2v) is 9.91. The van der Waals surface area contributed by atoms with Crippen molar-refractivity contribution in [1.29, 1.82) is 0 Å². The van der Waals surface area contributed by atoms with E-state index in [2.05, 4.69) is 42.9 Å². The molecule has 1 aliphatic heterocycles. The van der Waals surface area contributed by atoms with E-state index in [-0.39, 0.29) is 29.4 Å². The molecular weight excluding hydrogens is 366 g/mol. The Morgan fingerprint density at radius 3 is 2.66 bits per heavy atom. The Bertz CT molecular complexity index is 820. The number of carbonyl (C=O) groups excluding carboxylic acids is 3. The Balaban J connectivity index is 1.89. The molecule has 0 spiro atoms. The molecule has 1 saturated heterocycles. The van der Waals surface area contributed by atoms with Gasteiger partial charge < -0.3 is 15.2 Å². The van der Waals surface area contributed by atoms with Gasteiger partial charge in [0.05, 0.1) is 6.42 Å². The van der Waals surface area contributed by atoms with Gasteiger partial charge in [0.2, 0.25) is 11.8 Å². The highest BCUT2D eigenvalue weighted by Crippen LogP contribution is 2.39. The quantitative estimate of drug-likeness (QED) is 0.796. The molecule has 2 heterocycles. The summed E-state index contributed by atoms with van der Waals surface area (Å²) in [7, 11) is 0. The third kappa shape index (κ3) is 4.73. The van der Waals surface area contributed by atoms with Crippen LogP contribution in [-0.2, 0) is 29.0 Å². The minimum Gasteiger partial charge on any atom is -0.354 e. The third-order valence-corrected chi connectivity index (χ3v) is 6.08. The molecule has 0 saturated carbocycles. The Morgan fingerprint density at radius 2 is 1.97 bits per heavy atom. The van der Waals surface area contributed by atoms with E-state index >= 15 is 0 Å². The molecule has 1 atom stereocenters. The first-order valence-corrected chi connectivity index (χ1v) is 10.9. The maximum atomic E-state index is 13.0. The molecule has 0 aromatic carbocycles. The molecule has 2 N–H and O–H groups in total. The van der Waals surface area contributed by atoms with E-state index in [4.69, 9.17) is 0 Å². The molecule has 6 nitrogen and oxygen atoms in total. The zero-order valence-electron chi connectivity index (χ0n) is 18.5. The Morgan fingerprint density at radius 1 is 1.24 bits per heavy atom. The number of Topliss-reactive ketones (excluding diaryl/α,β-unsaturated/α-hetero) is 1. The average Bonchev–Trinajstić information content (AvgIpc) is 2.73. The highest BCUT2D eigenvalue weighted by molar-refractivity contribution is 6.02. The smallest absolute Gasteiger partial charge is 0.242 e. The van der Waals surface area contributed by atoms with Gasteiger partial charge in [-0.2, -0.15) is 0 Å². The van der Waals surface area contributed by atoms with E-state index in [0.717, 1.165) is 48.3 Å². The van der Waals surface area contributed by atoms with Crippen LogP contribution in [0.15, 0.2) is 0 Å². The van der Waals surface area contributed by atoms with Gasteiger partial charge in [0.15, 0.2) is 5.78 Å².